The van der Waals surface area contributed by atoms with E-state index in [-0.39, 0.29) is 21.0 Å². The van der Waals surface area contributed by atoms with E-state index >= 15 is 0 Å². The van der Waals surface area contributed by atoms with Crippen LogP contribution in [0.4, 0.5) is 5.69 Å². The quantitative estimate of drug-likeness (QED) is 0.658. The summed E-state index contributed by atoms with van der Waals surface area (Å²) in [5.41, 5.74) is 1.90. The Labute approximate surface area is 160 Å². The number of rotatable bonds is 5. The summed E-state index contributed by atoms with van der Waals surface area (Å²) in [6.45, 7) is 4.11. The van der Waals surface area contributed by atoms with Gasteiger partial charge in [-0.15, -0.1) is 0 Å². The molecule has 1 N–H and O–H groups in total. The van der Waals surface area contributed by atoms with E-state index in [1.54, 1.807) is 29.7 Å². The molecule has 1 heterocycles. The maximum atomic E-state index is 12.8. The third-order valence-corrected chi connectivity index (χ3v) is 6.47. The van der Waals surface area contributed by atoms with Gasteiger partial charge in [0.1, 0.15) is 0 Å². The molecule has 1 aromatic heterocycles. The number of fused-ring (bicyclic) bond motifs is 1. The van der Waals surface area contributed by atoms with Crippen molar-refractivity contribution in [2.45, 2.75) is 25.3 Å². The average Bonchev–Trinajstić information content (AvgIpc) is 2.96. The van der Waals surface area contributed by atoms with Crippen molar-refractivity contribution in [3.8, 4) is 0 Å². The third kappa shape index (κ3) is 3.60. The number of esters is 1. The molecule has 0 bridgehead atoms. The van der Waals surface area contributed by atoms with E-state index in [1.807, 2.05) is 6.92 Å². The Bertz CT molecular complexity index is 1190. The van der Waals surface area contributed by atoms with Crippen LogP contribution in [-0.4, -0.2) is 26.1 Å². The Balaban J connectivity index is 2.01. The van der Waals surface area contributed by atoms with Crippen LogP contribution >= 0.6 is 11.3 Å². The van der Waals surface area contributed by atoms with Gasteiger partial charge in [0.2, 0.25) is 0 Å². The smallest absolute Gasteiger partial charge is 0.337 e. The Morgan fingerprint density at radius 3 is 2.63 bits per heavy atom. The van der Waals surface area contributed by atoms with Crippen molar-refractivity contribution in [1.82, 2.24) is 4.57 Å². The van der Waals surface area contributed by atoms with Crippen LogP contribution in [0.3, 0.4) is 0 Å². The van der Waals surface area contributed by atoms with E-state index < -0.39 is 16.0 Å². The Morgan fingerprint density at radius 2 is 1.96 bits per heavy atom. The summed E-state index contributed by atoms with van der Waals surface area (Å²) in [5, 5.41) is 0. The van der Waals surface area contributed by atoms with Crippen molar-refractivity contribution in [2.75, 3.05) is 11.8 Å². The largest absolute Gasteiger partial charge is 0.465 e. The van der Waals surface area contributed by atoms with E-state index in [9.17, 15) is 18.0 Å². The summed E-state index contributed by atoms with van der Waals surface area (Å²) < 4.78 is 35.0. The summed E-state index contributed by atoms with van der Waals surface area (Å²) in [4.78, 5) is 23.6. The molecule has 0 radical (unpaired) electrons. The van der Waals surface area contributed by atoms with Crippen molar-refractivity contribution in [3.63, 3.8) is 0 Å². The number of carbonyl (C=O) groups excluding carboxylic acids is 1. The van der Waals surface area contributed by atoms with Crippen LogP contribution in [0.15, 0.2) is 46.1 Å². The molecule has 7 nitrogen and oxygen atoms in total. The Morgan fingerprint density at radius 1 is 1.22 bits per heavy atom. The first kappa shape index (κ1) is 19.1. The Kier molecular flexibility index (Phi) is 5.07. The van der Waals surface area contributed by atoms with Gasteiger partial charge in [-0.3, -0.25) is 14.1 Å². The molecule has 0 atom stereocenters. The molecule has 0 aliphatic heterocycles. The molecule has 0 unspecified atom stereocenters. The summed E-state index contributed by atoms with van der Waals surface area (Å²) in [7, 11) is -2.63. The van der Waals surface area contributed by atoms with E-state index in [0.29, 0.717) is 22.3 Å². The van der Waals surface area contributed by atoms with Crippen molar-refractivity contribution in [3.05, 3.63) is 57.2 Å². The van der Waals surface area contributed by atoms with Crippen LogP contribution in [0.25, 0.3) is 10.2 Å². The second-order valence-corrected chi connectivity index (χ2v) is 8.54. The standard InChI is InChI=1S/C18H18N2O5S2/c1-4-20-15-8-7-13(10-16(15)26-18(20)22)27(23,24)19-14-9-12(17(21)25-3)6-5-11(14)2/h5-10,19H,4H2,1-3H3. The number of ether oxygens (including phenoxy) is 1. The fourth-order valence-corrected chi connectivity index (χ4v) is 4.91. The number of sulfonamides is 1. The SMILES string of the molecule is CCn1c(=O)sc2cc(S(=O)(=O)Nc3cc(C(=O)OC)ccc3C)ccc21. The number of thiazole rings is 1. The fraction of sp³-hybridized carbons (Fsp3) is 0.222. The lowest BCUT2D eigenvalue weighted by Gasteiger charge is -2.12. The summed E-state index contributed by atoms with van der Waals surface area (Å²) in [5.74, 6) is -0.553. The van der Waals surface area contributed by atoms with E-state index in [0.717, 1.165) is 11.3 Å². The number of methoxy groups -OCH3 is 1. The van der Waals surface area contributed by atoms with Gasteiger partial charge in [0.15, 0.2) is 0 Å². The molecule has 142 valence electrons. The Hall–Kier alpha value is -2.65. The van der Waals surface area contributed by atoms with Crippen LogP contribution in [0, 0.1) is 6.92 Å². The maximum absolute atomic E-state index is 12.8. The number of aryl methyl sites for hydroxylation is 2. The molecule has 0 spiro atoms. The van der Waals surface area contributed by atoms with Crippen molar-refractivity contribution in [1.29, 1.82) is 0 Å². The highest BCUT2D eigenvalue weighted by atomic mass is 32.2. The summed E-state index contributed by atoms with van der Waals surface area (Å²) >= 11 is 1.01. The van der Waals surface area contributed by atoms with Crippen molar-refractivity contribution >= 4 is 43.2 Å². The number of aromatic nitrogens is 1. The molecule has 9 heteroatoms. The number of nitrogens with zero attached hydrogens (tertiary/aromatic N) is 1. The first-order valence-corrected chi connectivity index (χ1v) is 10.4. The average molecular weight is 406 g/mol. The molecule has 0 aliphatic carbocycles. The van der Waals surface area contributed by atoms with E-state index in [2.05, 4.69) is 9.46 Å². The normalized spacial score (nSPS) is 11.5. The second kappa shape index (κ2) is 7.16. The first-order chi connectivity index (χ1) is 12.8. The highest BCUT2D eigenvalue weighted by Gasteiger charge is 2.18. The molecule has 0 aliphatic rings. The van der Waals surface area contributed by atoms with E-state index in [1.165, 1.54) is 25.3 Å². The van der Waals surface area contributed by atoms with Gasteiger partial charge >= 0.3 is 10.8 Å². The molecule has 3 rings (SSSR count). The minimum absolute atomic E-state index is 0.0439. The van der Waals surface area contributed by atoms with Gasteiger partial charge in [-0.2, -0.15) is 0 Å². The topological polar surface area (TPSA) is 94.5 Å². The monoisotopic (exact) mass is 406 g/mol. The highest BCUT2D eigenvalue weighted by molar-refractivity contribution is 7.92. The molecular weight excluding hydrogens is 388 g/mol. The lowest BCUT2D eigenvalue weighted by Crippen LogP contribution is -2.14. The van der Waals surface area contributed by atoms with Gasteiger partial charge in [-0.25, -0.2) is 13.2 Å². The zero-order chi connectivity index (χ0) is 19.8. The number of anilines is 1. The van der Waals surface area contributed by atoms with Crippen molar-refractivity contribution < 1.29 is 17.9 Å². The highest BCUT2D eigenvalue weighted by Crippen LogP contribution is 2.25. The molecule has 27 heavy (non-hydrogen) atoms. The summed E-state index contributed by atoms with van der Waals surface area (Å²) in [6.07, 6.45) is 0. The summed E-state index contributed by atoms with van der Waals surface area (Å²) in [6, 6.07) is 9.21. The minimum atomic E-state index is -3.89. The minimum Gasteiger partial charge on any atom is -0.465 e. The number of hydrogen-bond donors (Lipinski definition) is 1. The van der Waals surface area contributed by atoms with Gasteiger partial charge in [-0.05, 0) is 49.7 Å². The molecule has 3 aromatic rings. The number of hydrogen-bond acceptors (Lipinski definition) is 6. The fourth-order valence-electron chi connectivity index (χ4n) is 2.69. The molecule has 0 amide bonds. The zero-order valence-electron chi connectivity index (χ0n) is 15.0. The van der Waals surface area contributed by atoms with E-state index in [4.69, 9.17) is 0 Å². The third-order valence-electron chi connectivity index (χ3n) is 4.17. The van der Waals surface area contributed by atoms with Crippen LogP contribution in [0.2, 0.25) is 0 Å². The number of benzene rings is 2. The number of nitrogens with one attached hydrogen (secondary N) is 1. The van der Waals surface area contributed by atoms with Gasteiger partial charge in [0, 0.05) is 6.54 Å². The van der Waals surface area contributed by atoms with Gasteiger partial charge in [-0.1, -0.05) is 17.4 Å². The molecular formula is C18H18N2O5S2. The van der Waals surface area contributed by atoms with Crippen molar-refractivity contribution in [2.24, 2.45) is 0 Å². The van der Waals surface area contributed by atoms with Gasteiger partial charge in [0.05, 0.1) is 33.5 Å². The molecule has 0 fully saturated rings. The van der Waals surface area contributed by atoms with Crippen LogP contribution < -0.4 is 9.60 Å². The maximum Gasteiger partial charge on any atom is 0.337 e. The lowest BCUT2D eigenvalue weighted by atomic mass is 10.1. The van der Waals surface area contributed by atoms with Gasteiger partial charge in [0.25, 0.3) is 10.0 Å². The number of carbonyl (C=O) groups is 1. The predicted molar refractivity (Wildman–Crippen MR) is 105 cm³/mol. The second-order valence-electron chi connectivity index (χ2n) is 5.87. The van der Waals surface area contributed by atoms with Crippen LogP contribution in [0.5, 0.6) is 0 Å². The molecule has 0 saturated carbocycles. The lowest BCUT2D eigenvalue weighted by molar-refractivity contribution is 0.0601. The van der Waals surface area contributed by atoms with Crippen LogP contribution in [-0.2, 0) is 21.3 Å². The first-order valence-electron chi connectivity index (χ1n) is 8.12. The molecule has 0 saturated heterocycles. The molecule has 2 aromatic carbocycles. The predicted octanol–water partition coefficient (Wildman–Crippen LogP) is 2.98. The van der Waals surface area contributed by atoms with Crippen LogP contribution in [0.1, 0.15) is 22.8 Å². The zero-order valence-corrected chi connectivity index (χ0v) is 16.6. The van der Waals surface area contributed by atoms with Gasteiger partial charge < -0.3 is 4.74 Å².